The number of ether oxygens (including phenoxy) is 1. The van der Waals surface area contributed by atoms with Crippen LogP contribution < -0.4 is 11.0 Å². The standard InChI is InChI=1S/C19H18BrN3O5/c20-12-8-23(17-7-15(26)16(9-24)28-17)19(27)22-18(12)21-13-5-10-3-1-2-4-11(10)6-14(13)25/h1-6,8,15-17,24-26H,7,9H2,(H,21,22,27)/t15?,16-,17-/m1/s1. The number of benzene rings is 2. The van der Waals surface area contributed by atoms with Gasteiger partial charge in [0.2, 0.25) is 0 Å². The number of aromatic nitrogens is 2. The Hall–Kier alpha value is -2.46. The van der Waals surface area contributed by atoms with Crippen molar-refractivity contribution in [3.05, 3.63) is 57.6 Å². The van der Waals surface area contributed by atoms with E-state index in [1.54, 1.807) is 12.1 Å². The second-order valence-corrected chi connectivity index (χ2v) is 7.44. The Labute approximate surface area is 168 Å². The number of nitrogens with zero attached hydrogens (tertiary/aromatic N) is 2. The molecule has 146 valence electrons. The highest BCUT2D eigenvalue weighted by atomic mass is 79.9. The highest BCUT2D eigenvalue weighted by Crippen LogP contribution is 2.34. The van der Waals surface area contributed by atoms with Gasteiger partial charge in [0.25, 0.3) is 0 Å². The molecule has 2 aromatic carbocycles. The van der Waals surface area contributed by atoms with E-state index >= 15 is 0 Å². The number of aliphatic hydroxyl groups excluding tert-OH is 2. The summed E-state index contributed by atoms with van der Waals surface area (Å²) in [5.41, 5.74) is -0.168. The SMILES string of the molecule is O=c1nc(Nc2cc3ccccc3cc2O)c(Br)cn1[C@H]1CC(O)[C@@H](CO)O1. The van der Waals surface area contributed by atoms with Crippen LogP contribution in [0.15, 0.2) is 51.9 Å². The van der Waals surface area contributed by atoms with Crippen LogP contribution in [-0.4, -0.2) is 43.7 Å². The smallest absolute Gasteiger partial charge is 0.351 e. The molecule has 1 aliphatic rings. The number of rotatable bonds is 4. The minimum absolute atomic E-state index is 0.0321. The van der Waals surface area contributed by atoms with Crippen molar-refractivity contribution in [1.29, 1.82) is 0 Å². The van der Waals surface area contributed by atoms with Gasteiger partial charge >= 0.3 is 5.69 Å². The molecule has 0 radical (unpaired) electrons. The molecule has 4 rings (SSSR count). The summed E-state index contributed by atoms with van der Waals surface area (Å²) in [5.74, 6) is 0.272. The summed E-state index contributed by atoms with van der Waals surface area (Å²) in [4.78, 5) is 16.5. The zero-order valence-corrected chi connectivity index (χ0v) is 16.2. The second-order valence-electron chi connectivity index (χ2n) is 6.58. The summed E-state index contributed by atoms with van der Waals surface area (Å²) >= 11 is 3.37. The Morgan fingerprint density at radius 1 is 1.29 bits per heavy atom. The third kappa shape index (κ3) is 3.49. The molecule has 1 saturated heterocycles. The lowest BCUT2D eigenvalue weighted by Gasteiger charge is -2.16. The van der Waals surface area contributed by atoms with Crippen molar-refractivity contribution in [3.63, 3.8) is 0 Å². The fourth-order valence-corrected chi connectivity index (χ4v) is 3.65. The van der Waals surface area contributed by atoms with Gasteiger partial charge in [-0.3, -0.25) is 4.57 Å². The fraction of sp³-hybridized carbons (Fsp3) is 0.263. The molecular formula is C19H18BrN3O5. The largest absolute Gasteiger partial charge is 0.506 e. The maximum atomic E-state index is 12.5. The zero-order chi connectivity index (χ0) is 19.8. The lowest BCUT2D eigenvalue weighted by molar-refractivity contribution is -0.0459. The van der Waals surface area contributed by atoms with Crippen LogP contribution in [0.1, 0.15) is 12.6 Å². The first-order valence-electron chi connectivity index (χ1n) is 8.68. The number of aromatic hydroxyl groups is 1. The van der Waals surface area contributed by atoms with E-state index in [-0.39, 0.29) is 24.6 Å². The molecule has 0 bridgehead atoms. The van der Waals surface area contributed by atoms with Gasteiger partial charge in [0.1, 0.15) is 18.1 Å². The summed E-state index contributed by atoms with van der Waals surface area (Å²) in [6, 6.07) is 11.0. The Balaban J connectivity index is 1.64. The zero-order valence-electron chi connectivity index (χ0n) is 14.6. The van der Waals surface area contributed by atoms with Gasteiger partial charge in [0.05, 0.1) is 22.9 Å². The quantitative estimate of drug-likeness (QED) is 0.453. The molecule has 0 saturated carbocycles. The fourth-order valence-electron chi connectivity index (χ4n) is 3.25. The average molecular weight is 448 g/mol. The van der Waals surface area contributed by atoms with E-state index in [1.165, 1.54) is 10.8 Å². The van der Waals surface area contributed by atoms with Crippen LogP contribution in [0.3, 0.4) is 0 Å². The molecule has 0 spiro atoms. The molecular weight excluding hydrogens is 430 g/mol. The third-order valence-corrected chi connectivity index (χ3v) is 5.30. The van der Waals surface area contributed by atoms with Crippen molar-refractivity contribution in [3.8, 4) is 5.75 Å². The monoisotopic (exact) mass is 447 g/mol. The first-order chi connectivity index (χ1) is 13.5. The minimum Gasteiger partial charge on any atom is -0.506 e. The van der Waals surface area contributed by atoms with Gasteiger partial charge in [-0.15, -0.1) is 0 Å². The van der Waals surface area contributed by atoms with Crippen molar-refractivity contribution >= 4 is 38.2 Å². The lowest BCUT2D eigenvalue weighted by Crippen LogP contribution is -2.28. The van der Waals surface area contributed by atoms with Crippen LogP contribution in [0.5, 0.6) is 5.75 Å². The first kappa shape index (κ1) is 18.9. The van der Waals surface area contributed by atoms with Gasteiger partial charge in [-0.05, 0) is 38.8 Å². The predicted octanol–water partition coefficient (Wildman–Crippen LogP) is 2.25. The summed E-state index contributed by atoms with van der Waals surface area (Å²) in [5, 5.41) is 34.1. The average Bonchev–Trinajstić information content (AvgIpc) is 3.05. The van der Waals surface area contributed by atoms with Gasteiger partial charge in [0.15, 0.2) is 5.82 Å². The molecule has 0 aliphatic carbocycles. The molecule has 2 heterocycles. The van der Waals surface area contributed by atoms with E-state index in [2.05, 4.69) is 26.2 Å². The van der Waals surface area contributed by atoms with E-state index < -0.39 is 24.1 Å². The number of hydrogen-bond acceptors (Lipinski definition) is 7. The van der Waals surface area contributed by atoms with Crippen molar-refractivity contribution in [2.24, 2.45) is 0 Å². The van der Waals surface area contributed by atoms with E-state index in [0.717, 1.165) is 10.8 Å². The summed E-state index contributed by atoms with van der Waals surface area (Å²) < 4.78 is 7.25. The number of halogens is 1. The van der Waals surface area contributed by atoms with Crippen LogP contribution >= 0.6 is 15.9 Å². The van der Waals surface area contributed by atoms with Crippen LogP contribution in [0.2, 0.25) is 0 Å². The number of nitrogens with one attached hydrogen (secondary N) is 1. The Morgan fingerprint density at radius 3 is 2.68 bits per heavy atom. The Bertz CT molecular complexity index is 1090. The third-order valence-electron chi connectivity index (χ3n) is 4.72. The van der Waals surface area contributed by atoms with Crippen molar-refractivity contribution in [2.45, 2.75) is 24.9 Å². The van der Waals surface area contributed by atoms with Gasteiger partial charge in [-0.1, -0.05) is 24.3 Å². The van der Waals surface area contributed by atoms with Gasteiger partial charge in [-0.25, -0.2) is 4.79 Å². The summed E-state index contributed by atoms with van der Waals surface area (Å²) in [6.07, 6.45) is -0.618. The number of phenolic OH excluding ortho intramolecular Hbond substituents is 1. The number of hydrogen-bond donors (Lipinski definition) is 4. The highest BCUT2D eigenvalue weighted by molar-refractivity contribution is 9.10. The molecule has 1 aliphatic heterocycles. The second kappa shape index (κ2) is 7.51. The van der Waals surface area contributed by atoms with Crippen molar-refractivity contribution < 1.29 is 20.1 Å². The van der Waals surface area contributed by atoms with Crippen molar-refractivity contribution in [1.82, 2.24) is 9.55 Å². The number of anilines is 2. The molecule has 3 aromatic rings. The molecule has 9 heteroatoms. The van der Waals surface area contributed by atoms with Gasteiger partial charge in [-0.2, -0.15) is 4.98 Å². The molecule has 1 aromatic heterocycles. The molecule has 4 N–H and O–H groups in total. The molecule has 28 heavy (non-hydrogen) atoms. The van der Waals surface area contributed by atoms with E-state index in [4.69, 9.17) is 4.74 Å². The maximum Gasteiger partial charge on any atom is 0.351 e. The molecule has 8 nitrogen and oxygen atoms in total. The summed E-state index contributed by atoms with van der Waals surface area (Å²) in [7, 11) is 0. The van der Waals surface area contributed by atoms with Crippen molar-refractivity contribution in [2.75, 3.05) is 11.9 Å². The number of aliphatic hydroxyl groups is 2. The normalized spacial score (nSPS) is 21.9. The minimum atomic E-state index is -0.854. The topological polar surface area (TPSA) is 117 Å². The number of fused-ring (bicyclic) bond motifs is 1. The van der Waals surface area contributed by atoms with Crippen LogP contribution in [-0.2, 0) is 4.74 Å². The van der Waals surface area contributed by atoms with Crippen LogP contribution in [0, 0.1) is 0 Å². The summed E-state index contributed by atoms with van der Waals surface area (Å²) in [6.45, 7) is -0.331. The first-order valence-corrected chi connectivity index (χ1v) is 9.47. The molecule has 0 amide bonds. The van der Waals surface area contributed by atoms with Gasteiger partial charge < -0.3 is 25.4 Å². The van der Waals surface area contributed by atoms with E-state index in [0.29, 0.717) is 10.2 Å². The number of phenols is 1. The predicted molar refractivity (Wildman–Crippen MR) is 107 cm³/mol. The van der Waals surface area contributed by atoms with E-state index in [9.17, 15) is 20.1 Å². The molecule has 1 unspecified atom stereocenters. The Kier molecular flexibility index (Phi) is 5.07. The maximum absolute atomic E-state index is 12.5. The molecule has 1 fully saturated rings. The van der Waals surface area contributed by atoms with Gasteiger partial charge in [0, 0.05) is 12.6 Å². The Morgan fingerprint density at radius 2 is 2.00 bits per heavy atom. The van der Waals surface area contributed by atoms with Crippen LogP contribution in [0.4, 0.5) is 11.5 Å². The molecule has 3 atom stereocenters. The highest BCUT2D eigenvalue weighted by Gasteiger charge is 2.35. The van der Waals surface area contributed by atoms with E-state index in [1.807, 2.05) is 24.3 Å². The lowest BCUT2D eigenvalue weighted by atomic mass is 10.1. The van der Waals surface area contributed by atoms with Crippen LogP contribution in [0.25, 0.3) is 10.8 Å².